The zero-order valence-corrected chi connectivity index (χ0v) is 10.7. The minimum atomic E-state index is -0.568. The Hall–Kier alpha value is -1.69. The molecule has 1 aromatic rings. The zero-order valence-electron chi connectivity index (χ0n) is 10.7. The average molecular weight is 267 g/mol. The van der Waals surface area contributed by atoms with E-state index in [2.05, 4.69) is 0 Å². The molecular weight excluding hydrogens is 249 g/mol. The molecule has 104 valence electrons. The summed E-state index contributed by atoms with van der Waals surface area (Å²) in [6.07, 6.45) is 3.97. The van der Waals surface area contributed by atoms with E-state index in [-0.39, 0.29) is 11.7 Å². The fraction of sp³-hybridized carbons (Fsp3) is 0.538. The van der Waals surface area contributed by atoms with Crippen LogP contribution in [-0.4, -0.2) is 24.1 Å². The van der Waals surface area contributed by atoms with Crippen LogP contribution in [0.4, 0.5) is 15.8 Å². The molecule has 1 aromatic carbocycles. The first-order valence-corrected chi connectivity index (χ1v) is 6.53. The number of benzene rings is 1. The molecule has 2 rings (SSSR count). The third-order valence-electron chi connectivity index (χ3n) is 3.54. The van der Waals surface area contributed by atoms with Gasteiger partial charge in [0.2, 0.25) is 0 Å². The highest BCUT2D eigenvalue weighted by molar-refractivity contribution is 5.54. The van der Waals surface area contributed by atoms with Gasteiger partial charge in [-0.2, -0.15) is 0 Å². The summed E-state index contributed by atoms with van der Waals surface area (Å²) in [5, 5.41) is 10.8. The number of piperidine rings is 1. The lowest BCUT2D eigenvalue weighted by molar-refractivity contribution is -0.385. The Morgan fingerprint density at radius 1 is 1.42 bits per heavy atom. The van der Waals surface area contributed by atoms with E-state index in [1.54, 1.807) is 0 Å². The van der Waals surface area contributed by atoms with Crippen molar-refractivity contribution in [1.82, 2.24) is 0 Å². The van der Waals surface area contributed by atoms with E-state index in [9.17, 15) is 14.5 Å². The molecule has 0 amide bonds. The van der Waals surface area contributed by atoms with Crippen LogP contribution < -0.4 is 10.6 Å². The van der Waals surface area contributed by atoms with E-state index in [4.69, 9.17) is 5.73 Å². The fourth-order valence-corrected chi connectivity index (χ4v) is 2.66. The largest absolute Gasteiger partial charge is 0.368 e. The summed E-state index contributed by atoms with van der Waals surface area (Å²) in [7, 11) is 0. The lowest BCUT2D eigenvalue weighted by atomic mass is 9.98. The van der Waals surface area contributed by atoms with Crippen LogP contribution in [0.5, 0.6) is 0 Å². The summed E-state index contributed by atoms with van der Waals surface area (Å²) in [4.78, 5) is 12.3. The van der Waals surface area contributed by atoms with Gasteiger partial charge in [0, 0.05) is 24.3 Å². The van der Waals surface area contributed by atoms with Gasteiger partial charge in [-0.05, 0) is 38.3 Å². The summed E-state index contributed by atoms with van der Waals surface area (Å²) in [5.41, 5.74) is 5.98. The third-order valence-corrected chi connectivity index (χ3v) is 3.54. The van der Waals surface area contributed by atoms with Crippen molar-refractivity contribution in [2.75, 3.05) is 18.0 Å². The molecule has 2 N–H and O–H groups in total. The minimum absolute atomic E-state index is 0.202. The van der Waals surface area contributed by atoms with Crippen LogP contribution in [-0.2, 0) is 0 Å². The monoisotopic (exact) mass is 267 g/mol. The summed E-state index contributed by atoms with van der Waals surface area (Å²) >= 11 is 0. The van der Waals surface area contributed by atoms with Gasteiger partial charge in [0.25, 0.3) is 5.69 Å². The Morgan fingerprint density at radius 3 is 2.89 bits per heavy atom. The van der Waals surface area contributed by atoms with E-state index in [0.29, 0.717) is 12.2 Å². The van der Waals surface area contributed by atoms with Crippen LogP contribution >= 0.6 is 0 Å². The van der Waals surface area contributed by atoms with Crippen molar-refractivity contribution >= 4 is 11.4 Å². The maximum atomic E-state index is 13.5. The zero-order chi connectivity index (χ0) is 13.8. The number of non-ortho nitro benzene ring substituents is 1. The third kappa shape index (κ3) is 3.20. The lowest BCUT2D eigenvalue weighted by Gasteiger charge is -2.37. The lowest BCUT2D eigenvalue weighted by Crippen LogP contribution is -2.40. The number of hydrogen-bond donors (Lipinski definition) is 1. The SMILES string of the molecule is NCCC1CCCCN1c1cc(F)cc([N+](=O)[O-])c1. The van der Waals surface area contributed by atoms with Gasteiger partial charge >= 0.3 is 0 Å². The molecule has 1 fully saturated rings. The van der Waals surface area contributed by atoms with Gasteiger partial charge in [-0.25, -0.2) is 4.39 Å². The van der Waals surface area contributed by atoms with E-state index in [0.717, 1.165) is 38.3 Å². The summed E-state index contributed by atoms with van der Waals surface area (Å²) in [5.74, 6) is -0.568. The first-order chi connectivity index (χ1) is 9.11. The van der Waals surface area contributed by atoms with Gasteiger partial charge in [-0.15, -0.1) is 0 Å². The molecule has 0 bridgehead atoms. The summed E-state index contributed by atoms with van der Waals surface area (Å²) < 4.78 is 13.5. The standard InChI is InChI=1S/C13H18FN3O2/c14-10-7-12(9-13(8-10)17(18)19)16-6-2-1-3-11(16)4-5-15/h7-9,11H,1-6,15H2. The average Bonchev–Trinajstić information content (AvgIpc) is 2.39. The Bertz CT molecular complexity index is 465. The molecule has 0 aliphatic carbocycles. The first kappa shape index (κ1) is 13.7. The Kier molecular flexibility index (Phi) is 4.31. The highest BCUT2D eigenvalue weighted by Gasteiger charge is 2.24. The van der Waals surface area contributed by atoms with Crippen molar-refractivity contribution in [1.29, 1.82) is 0 Å². The van der Waals surface area contributed by atoms with Crippen LogP contribution in [0.25, 0.3) is 0 Å². The van der Waals surface area contributed by atoms with Crippen LogP contribution in [0, 0.1) is 15.9 Å². The predicted octanol–water partition coefficient (Wildman–Crippen LogP) is 2.44. The number of hydrogen-bond acceptors (Lipinski definition) is 4. The van der Waals surface area contributed by atoms with Crippen molar-refractivity contribution in [2.45, 2.75) is 31.7 Å². The topological polar surface area (TPSA) is 72.4 Å². The molecule has 1 atom stereocenters. The normalized spacial score (nSPS) is 19.5. The van der Waals surface area contributed by atoms with Gasteiger partial charge in [0.1, 0.15) is 5.82 Å². The maximum Gasteiger partial charge on any atom is 0.274 e. The number of nitro benzene ring substituents is 1. The van der Waals surface area contributed by atoms with Crippen LogP contribution in [0.15, 0.2) is 18.2 Å². The van der Waals surface area contributed by atoms with Gasteiger partial charge in [-0.3, -0.25) is 10.1 Å². The van der Waals surface area contributed by atoms with Crippen molar-refractivity contribution in [2.24, 2.45) is 5.73 Å². The smallest absolute Gasteiger partial charge is 0.274 e. The summed E-state index contributed by atoms with van der Waals surface area (Å²) in [6, 6.07) is 4.01. The second-order valence-electron chi connectivity index (χ2n) is 4.85. The molecule has 0 saturated carbocycles. The van der Waals surface area contributed by atoms with E-state index in [1.807, 2.05) is 4.90 Å². The molecule has 0 spiro atoms. The maximum absolute atomic E-state index is 13.5. The van der Waals surface area contributed by atoms with Crippen molar-refractivity contribution in [3.8, 4) is 0 Å². The highest BCUT2D eigenvalue weighted by atomic mass is 19.1. The van der Waals surface area contributed by atoms with E-state index < -0.39 is 10.7 Å². The van der Waals surface area contributed by atoms with Gasteiger partial charge < -0.3 is 10.6 Å². The number of halogens is 1. The molecule has 1 heterocycles. The first-order valence-electron chi connectivity index (χ1n) is 6.53. The molecule has 5 nitrogen and oxygen atoms in total. The molecule has 1 saturated heterocycles. The number of rotatable bonds is 4. The van der Waals surface area contributed by atoms with Crippen LogP contribution in [0.3, 0.4) is 0 Å². The predicted molar refractivity (Wildman–Crippen MR) is 71.7 cm³/mol. The number of nitrogens with zero attached hydrogens (tertiary/aromatic N) is 2. The number of nitrogens with two attached hydrogens (primary N) is 1. The molecule has 6 heteroatoms. The quantitative estimate of drug-likeness (QED) is 0.671. The second-order valence-corrected chi connectivity index (χ2v) is 4.85. The Labute approximate surface area is 111 Å². The molecule has 0 radical (unpaired) electrons. The van der Waals surface area contributed by atoms with Crippen molar-refractivity contribution < 1.29 is 9.31 Å². The Balaban J connectivity index is 2.30. The van der Waals surface area contributed by atoms with Crippen LogP contribution in [0.2, 0.25) is 0 Å². The van der Waals surface area contributed by atoms with Crippen molar-refractivity contribution in [3.05, 3.63) is 34.1 Å². The van der Waals surface area contributed by atoms with Gasteiger partial charge in [0.15, 0.2) is 0 Å². The molecule has 1 aliphatic heterocycles. The number of anilines is 1. The summed E-state index contributed by atoms with van der Waals surface area (Å²) in [6.45, 7) is 1.36. The molecule has 1 unspecified atom stereocenters. The highest BCUT2D eigenvalue weighted by Crippen LogP contribution is 2.29. The van der Waals surface area contributed by atoms with Crippen LogP contribution in [0.1, 0.15) is 25.7 Å². The van der Waals surface area contributed by atoms with Gasteiger partial charge in [0.05, 0.1) is 11.0 Å². The Morgan fingerprint density at radius 2 is 2.21 bits per heavy atom. The van der Waals surface area contributed by atoms with Gasteiger partial charge in [-0.1, -0.05) is 0 Å². The molecule has 0 aromatic heterocycles. The molecular formula is C13H18FN3O2. The molecule has 19 heavy (non-hydrogen) atoms. The fourth-order valence-electron chi connectivity index (χ4n) is 2.66. The number of nitro groups is 1. The second kappa shape index (κ2) is 5.97. The van der Waals surface area contributed by atoms with E-state index in [1.165, 1.54) is 12.1 Å². The minimum Gasteiger partial charge on any atom is -0.368 e. The van der Waals surface area contributed by atoms with E-state index >= 15 is 0 Å². The van der Waals surface area contributed by atoms with Crippen molar-refractivity contribution in [3.63, 3.8) is 0 Å². The molecule has 1 aliphatic rings.